The predicted octanol–water partition coefficient (Wildman–Crippen LogP) is 1.71. The van der Waals surface area contributed by atoms with Crippen LogP contribution in [0.15, 0.2) is 24.3 Å². The van der Waals surface area contributed by atoms with Gasteiger partial charge in [0.2, 0.25) is 6.41 Å². The van der Waals surface area contributed by atoms with E-state index in [1.54, 1.807) is 0 Å². The van der Waals surface area contributed by atoms with E-state index in [-0.39, 0.29) is 5.69 Å². The highest BCUT2D eigenvalue weighted by Crippen LogP contribution is 2.19. The van der Waals surface area contributed by atoms with E-state index in [0.717, 1.165) is 4.42 Å². The Bertz CT molecular complexity index is 325. The van der Waals surface area contributed by atoms with Gasteiger partial charge in [-0.3, -0.25) is 14.9 Å². The van der Waals surface area contributed by atoms with E-state index < -0.39 is 4.92 Å². The lowest BCUT2D eigenvalue weighted by Crippen LogP contribution is -2.05. The Hall–Kier alpha value is -1.62. The number of non-ortho nitro benzene ring substituents is 1. The third kappa shape index (κ3) is 2.16. The molecule has 0 unspecified atom stereocenters. The summed E-state index contributed by atoms with van der Waals surface area (Å²) in [5, 5.41) is 10.2. The summed E-state index contributed by atoms with van der Waals surface area (Å²) in [6, 6.07) is 5.32. The molecule has 6 heteroatoms. The Morgan fingerprint density at radius 2 is 1.92 bits per heavy atom. The number of amides is 1. The van der Waals surface area contributed by atoms with Gasteiger partial charge >= 0.3 is 0 Å². The second-order valence-electron chi connectivity index (χ2n) is 2.19. The van der Waals surface area contributed by atoms with E-state index in [9.17, 15) is 14.9 Å². The first-order valence-electron chi connectivity index (χ1n) is 3.30. The minimum absolute atomic E-state index is 0.0419. The van der Waals surface area contributed by atoms with Gasteiger partial charge < -0.3 is 0 Å². The second kappa shape index (κ2) is 3.86. The quantitative estimate of drug-likeness (QED) is 0.323. The van der Waals surface area contributed by atoms with Crippen molar-refractivity contribution in [2.45, 2.75) is 0 Å². The largest absolute Gasteiger partial charge is 0.277 e. The molecule has 68 valence electrons. The molecule has 0 heterocycles. The Morgan fingerprint density at radius 1 is 1.38 bits per heavy atom. The van der Waals surface area contributed by atoms with Crippen LogP contribution in [0, 0.1) is 10.1 Å². The summed E-state index contributed by atoms with van der Waals surface area (Å²) in [6.45, 7) is 0. The molecule has 0 saturated carbocycles. The Kier molecular flexibility index (Phi) is 2.81. The molecular formula is C7H5ClN2O3. The fourth-order valence-corrected chi connectivity index (χ4v) is 0.890. The first-order chi connectivity index (χ1) is 6.15. The molecule has 0 radical (unpaired) electrons. The van der Waals surface area contributed by atoms with Crippen molar-refractivity contribution in [1.82, 2.24) is 0 Å². The van der Waals surface area contributed by atoms with Gasteiger partial charge in [-0.25, -0.2) is 4.42 Å². The molecule has 0 aliphatic carbocycles. The summed E-state index contributed by atoms with van der Waals surface area (Å²) >= 11 is 5.42. The number of hydrogen-bond acceptors (Lipinski definition) is 3. The van der Waals surface area contributed by atoms with Gasteiger partial charge in [0.15, 0.2) is 0 Å². The molecule has 5 nitrogen and oxygen atoms in total. The number of nitro benzene ring substituents is 1. The van der Waals surface area contributed by atoms with Gasteiger partial charge in [-0.1, -0.05) is 0 Å². The van der Waals surface area contributed by atoms with Gasteiger partial charge in [-0.15, -0.1) is 0 Å². The Balaban J connectivity index is 2.93. The monoisotopic (exact) mass is 200 g/mol. The standard InChI is InChI=1S/C7H5ClN2O3/c8-9(5-11)6-1-3-7(4-2-6)10(12)13/h1-5H. The molecule has 0 spiro atoms. The molecule has 0 atom stereocenters. The Morgan fingerprint density at radius 3 is 2.31 bits per heavy atom. The van der Waals surface area contributed by atoms with Crippen LogP contribution in [0.2, 0.25) is 0 Å². The molecule has 1 aromatic rings. The van der Waals surface area contributed by atoms with E-state index in [1.807, 2.05) is 0 Å². The summed E-state index contributed by atoms with van der Waals surface area (Å²) in [7, 11) is 0. The normalized spacial score (nSPS) is 9.31. The number of carbonyl (C=O) groups is 1. The van der Waals surface area contributed by atoms with Crippen molar-refractivity contribution in [1.29, 1.82) is 0 Å². The molecule has 1 rings (SSSR count). The third-order valence-electron chi connectivity index (χ3n) is 1.40. The maximum absolute atomic E-state index is 10.2. The van der Waals surface area contributed by atoms with Crippen molar-refractivity contribution >= 4 is 29.6 Å². The van der Waals surface area contributed by atoms with Crippen molar-refractivity contribution in [2.24, 2.45) is 0 Å². The van der Waals surface area contributed by atoms with Crippen LogP contribution in [0.25, 0.3) is 0 Å². The highest BCUT2D eigenvalue weighted by Gasteiger charge is 2.06. The molecular weight excluding hydrogens is 196 g/mol. The molecule has 0 aromatic heterocycles. The van der Waals surface area contributed by atoms with Gasteiger partial charge in [0.1, 0.15) is 0 Å². The molecule has 1 amide bonds. The smallest absolute Gasteiger partial charge is 0.269 e. The molecule has 0 bridgehead atoms. The maximum atomic E-state index is 10.2. The minimum atomic E-state index is -0.525. The fourth-order valence-electron chi connectivity index (χ4n) is 0.778. The number of carbonyl (C=O) groups excluding carboxylic acids is 1. The number of hydrogen-bond donors (Lipinski definition) is 0. The predicted molar refractivity (Wildman–Crippen MR) is 47.5 cm³/mol. The SMILES string of the molecule is O=CN(Cl)c1ccc([N+](=O)[O-])cc1. The first kappa shape index (κ1) is 9.47. The van der Waals surface area contributed by atoms with Gasteiger partial charge in [-0.05, 0) is 12.1 Å². The lowest BCUT2D eigenvalue weighted by atomic mass is 10.3. The molecule has 1 aromatic carbocycles. The molecule has 0 fully saturated rings. The van der Waals surface area contributed by atoms with Crippen molar-refractivity contribution < 1.29 is 9.72 Å². The molecule has 0 N–H and O–H groups in total. The van der Waals surface area contributed by atoms with Crippen LogP contribution in [0.4, 0.5) is 11.4 Å². The van der Waals surface area contributed by atoms with Crippen molar-refractivity contribution in [3.63, 3.8) is 0 Å². The van der Waals surface area contributed by atoms with Gasteiger partial charge in [-0.2, -0.15) is 0 Å². The van der Waals surface area contributed by atoms with E-state index >= 15 is 0 Å². The number of anilines is 1. The first-order valence-corrected chi connectivity index (χ1v) is 3.63. The lowest BCUT2D eigenvalue weighted by molar-refractivity contribution is -0.384. The zero-order chi connectivity index (χ0) is 9.84. The van der Waals surface area contributed by atoms with E-state index in [2.05, 4.69) is 0 Å². The summed E-state index contributed by atoms with van der Waals surface area (Å²) in [4.78, 5) is 19.9. The number of nitro groups is 1. The van der Waals surface area contributed by atoms with E-state index in [1.165, 1.54) is 24.3 Å². The van der Waals surface area contributed by atoms with Crippen molar-refractivity contribution in [2.75, 3.05) is 4.42 Å². The topological polar surface area (TPSA) is 63.5 Å². The zero-order valence-electron chi connectivity index (χ0n) is 6.38. The van der Waals surface area contributed by atoms with Gasteiger partial charge in [0.25, 0.3) is 5.69 Å². The summed E-state index contributed by atoms with van der Waals surface area (Å²) in [5.41, 5.74) is 0.349. The number of benzene rings is 1. The third-order valence-corrected chi connectivity index (χ3v) is 1.67. The van der Waals surface area contributed by atoms with Crippen LogP contribution < -0.4 is 4.42 Å². The van der Waals surface area contributed by atoms with Crippen LogP contribution >= 0.6 is 11.8 Å². The van der Waals surface area contributed by atoms with Crippen molar-refractivity contribution in [3.05, 3.63) is 34.4 Å². The summed E-state index contributed by atoms with van der Waals surface area (Å²) in [5.74, 6) is 0. The van der Waals surface area contributed by atoms with Crippen molar-refractivity contribution in [3.8, 4) is 0 Å². The van der Waals surface area contributed by atoms with E-state index in [0.29, 0.717) is 12.1 Å². The zero-order valence-corrected chi connectivity index (χ0v) is 7.14. The average molecular weight is 201 g/mol. The van der Waals surface area contributed by atoms with Crippen LogP contribution in [-0.4, -0.2) is 11.3 Å². The second-order valence-corrected chi connectivity index (χ2v) is 2.55. The number of nitrogens with zero attached hydrogens (tertiary/aromatic N) is 2. The molecule has 0 aliphatic heterocycles. The average Bonchev–Trinajstić information content (AvgIpc) is 2.17. The molecule has 0 aliphatic rings. The number of rotatable bonds is 3. The van der Waals surface area contributed by atoms with E-state index in [4.69, 9.17) is 11.8 Å². The summed E-state index contributed by atoms with van der Waals surface area (Å²) < 4.78 is 0.809. The minimum Gasteiger partial charge on any atom is -0.277 e. The van der Waals surface area contributed by atoms with Gasteiger partial charge in [0, 0.05) is 23.9 Å². The molecule has 0 saturated heterocycles. The fraction of sp³-hybridized carbons (Fsp3) is 0. The lowest BCUT2D eigenvalue weighted by Gasteiger charge is -2.05. The van der Waals surface area contributed by atoms with Crippen LogP contribution in [0.5, 0.6) is 0 Å². The van der Waals surface area contributed by atoms with Gasteiger partial charge in [0.05, 0.1) is 10.6 Å². The summed E-state index contributed by atoms with van der Waals surface area (Å²) in [6.07, 6.45) is 0.405. The van der Waals surface area contributed by atoms with Crippen LogP contribution in [0.1, 0.15) is 0 Å². The number of halogens is 1. The Labute approximate surface area is 78.8 Å². The highest BCUT2D eigenvalue weighted by molar-refractivity contribution is 6.32. The van der Waals surface area contributed by atoms with Crippen LogP contribution in [-0.2, 0) is 4.79 Å². The highest BCUT2D eigenvalue weighted by atomic mass is 35.5. The van der Waals surface area contributed by atoms with Crippen LogP contribution in [0.3, 0.4) is 0 Å². The molecule has 13 heavy (non-hydrogen) atoms. The maximum Gasteiger partial charge on any atom is 0.269 e.